The average molecular weight is 408 g/mol. The van der Waals surface area contributed by atoms with E-state index in [1.54, 1.807) is 24.3 Å². The molecule has 0 saturated carbocycles. The summed E-state index contributed by atoms with van der Waals surface area (Å²) >= 11 is 6.06. The fraction of sp³-hybridized carbons (Fsp3) is 0.429. The third-order valence-electron chi connectivity index (χ3n) is 4.95. The molecule has 1 saturated heterocycles. The average Bonchev–Trinajstić information content (AvgIpc) is 2.65. The Morgan fingerprint density at radius 1 is 1.19 bits per heavy atom. The van der Waals surface area contributed by atoms with Crippen molar-refractivity contribution in [2.75, 3.05) is 32.5 Å². The number of halogens is 1. The van der Waals surface area contributed by atoms with Crippen molar-refractivity contribution in [3.05, 3.63) is 59.1 Å². The minimum atomic E-state index is -3.16. The van der Waals surface area contributed by atoms with Gasteiger partial charge in [0.05, 0.1) is 11.5 Å². The second-order valence-electron chi connectivity index (χ2n) is 7.24. The first-order valence-corrected chi connectivity index (χ1v) is 11.6. The Hall–Kier alpha value is -1.56. The molecule has 6 heteroatoms. The van der Waals surface area contributed by atoms with E-state index in [1.165, 1.54) is 18.2 Å². The highest BCUT2D eigenvalue weighted by molar-refractivity contribution is 7.90. The smallest absolute Gasteiger partial charge is 0.175 e. The molecule has 1 unspecified atom stereocenters. The second-order valence-corrected chi connectivity index (χ2v) is 9.70. The Kier molecular flexibility index (Phi) is 6.79. The van der Waals surface area contributed by atoms with Crippen molar-refractivity contribution in [1.82, 2.24) is 4.90 Å². The van der Waals surface area contributed by atoms with E-state index >= 15 is 0 Å². The highest BCUT2D eigenvalue weighted by Gasteiger charge is 2.20. The van der Waals surface area contributed by atoms with Crippen molar-refractivity contribution in [1.29, 1.82) is 0 Å². The van der Waals surface area contributed by atoms with Crippen LogP contribution in [0.2, 0.25) is 5.02 Å². The number of sulfone groups is 1. The van der Waals surface area contributed by atoms with Gasteiger partial charge < -0.3 is 9.64 Å². The molecule has 0 bridgehead atoms. The van der Waals surface area contributed by atoms with Crippen LogP contribution in [-0.2, 0) is 16.3 Å². The lowest BCUT2D eigenvalue weighted by atomic mass is 9.98. The van der Waals surface area contributed by atoms with Crippen LogP contribution >= 0.6 is 11.6 Å². The summed E-state index contributed by atoms with van der Waals surface area (Å²) in [4.78, 5) is 2.81. The Bertz CT molecular complexity index is 852. The number of likely N-dealkylation sites (tertiary alicyclic amines) is 1. The van der Waals surface area contributed by atoms with Crippen molar-refractivity contribution in [3.63, 3.8) is 0 Å². The van der Waals surface area contributed by atoms with Gasteiger partial charge in [0.1, 0.15) is 5.75 Å². The summed E-state index contributed by atoms with van der Waals surface area (Å²) in [5, 5.41) is 0.791. The van der Waals surface area contributed by atoms with Gasteiger partial charge in [-0.2, -0.15) is 0 Å². The molecular formula is C21H26ClNO3S. The van der Waals surface area contributed by atoms with Gasteiger partial charge in [0, 0.05) is 30.3 Å². The molecule has 2 aromatic rings. The summed E-state index contributed by atoms with van der Waals surface area (Å²) in [7, 11) is -3.16. The molecule has 0 aliphatic carbocycles. The van der Waals surface area contributed by atoms with E-state index in [2.05, 4.69) is 11.0 Å². The normalized spacial score (nSPS) is 18.4. The minimum Gasteiger partial charge on any atom is -0.493 e. The third-order valence-corrected chi connectivity index (χ3v) is 6.31. The van der Waals surface area contributed by atoms with E-state index in [4.69, 9.17) is 16.3 Å². The lowest BCUT2D eigenvalue weighted by molar-refractivity contribution is 0.131. The fourth-order valence-corrected chi connectivity index (χ4v) is 4.31. The van der Waals surface area contributed by atoms with Gasteiger partial charge in [0.15, 0.2) is 9.84 Å². The van der Waals surface area contributed by atoms with Crippen molar-refractivity contribution in [3.8, 4) is 5.75 Å². The maximum atomic E-state index is 11.5. The van der Waals surface area contributed by atoms with E-state index < -0.39 is 9.84 Å². The first-order valence-electron chi connectivity index (χ1n) is 9.30. The molecule has 27 heavy (non-hydrogen) atoms. The van der Waals surface area contributed by atoms with Crippen LogP contribution in [0, 0.1) is 5.92 Å². The molecule has 4 nitrogen and oxygen atoms in total. The standard InChI is InChI=1S/C21H26ClNO3S/c1-27(24,25)21-9-7-20(8-10-21)26-16-18-5-3-12-23(15-18)13-11-17-4-2-6-19(22)14-17/h2,4,6-10,14,18H,3,5,11-13,15-16H2,1H3. The minimum absolute atomic E-state index is 0.319. The lowest BCUT2D eigenvalue weighted by Crippen LogP contribution is -2.38. The van der Waals surface area contributed by atoms with E-state index in [9.17, 15) is 8.42 Å². The molecule has 0 N–H and O–H groups in total. The Balaban J connectivity index is 1.47. The molecule has 1 atom stereocenters. The predicted molar refractivity (Wildman–Crippen MR) is 109 cm³/mol. The number of ether oxygens (including phenoxy) is 1. The lowest BCUT2D eigenvalue weighted by Gasteiger charge is -2.32. The van der Waals surface area contributed by atoms with E-state index in [-0.39, 0.29) is 0 Å². The highest BCUT2D eigenvalue weighted by Crippen LogP contribution is 2.21. The van der Waals surface area contributed by atoms with Gasteiger partial charge >= 0.3 is 0 Å². The Labute approximate surface area is 167 Å². The van der Waals surface area contributed by atoms with Crippen LogP contribution in [0.5, 0.6) is 5.75 Å². The van der Waals surface area contributed by atoms with Gasteiger partial charge in [0.25, 0.3) is 0 Å². The maximum Gasteiger partial charge on any atom is 0.175 e. The number of benzene rings is 2. The van der Waals surface area contributed by atoms with E-state index in [0.717, 1.165) is 43.2 Å². The van der Waals surface area contributed by atoms with Crippen LogP contribution in [0.4, 0.5) is 0 Å². The second kappa shape index (κ2) is 9.09. The predicted octanol–water partition coefficient (Wildman–Crippen LogP) is 4.08. The molecule has 0 spiro atoms. The fourth-order valence-electron chi connectivity index (χ4n) is 3.47. The number of nitrogens with zero attached hydrogens (tertiary/aromatic N) is 1. The largest absolute Gasteiger partial charge is 0.493 e. The molecule has 3 rings (SSSR count). The number of hydrogen-bond acceptors (Lipinski definition) is 4. The molecule has 0 radical (unpaired) electrons. The molecular weight excluding hydrogens is 382 g/mol. The van der Waals surface area contributed by atoms with Crippen LogP contribution < -0.4 is 4.74 Å². The Morgan fingerprint density at radius 2 is 1.96 bits per heavy atom. The van der Waals surface area contributed by atoms with Crippen molar-refractivity contribution in [2.45, 2.75) is 24.2 Å². The summed E-state index contributed by atoms with van der Waals surface area (Å²) in [6, 6.07) is 14.7. The van der Waals surface area contributed by atoms with Crippen molar-refractivity contribution in [2.24, 2.45) is 5.92 Å². The zero-order valence-electron chi connectivity index (χ0n) is 15.6. The van der Waals surface area contributed by atoms with Gasteiger partial charge in [-0.15, -0.1) is 0 Å². The quantitative estimate of drug-likeness (QED) is 0.693. The summed E-state index contributed by atoms with van der Waals surface area (Å²) in [5.41, 5.74) is 1.27. The van der Waals surface area contributed by atoms with Crippen LogP contribution in [0.15, 0.2) is 53.4 Å². The van der Waals surface area contributed by atoms with Gasteiger partial charge in [-0.25, -0.2) is 8.42 Å². The molecule has 1 fully saturated rings. The number of rotatable bonds is 7. The number of piperidine rings is 1. The van der Waals surface area contributed by atoms with E-state index in [0.29, 0.717) is 17.4 Å². The van der Waals surface area contributed by atoms with Crippen molar-refractivity contribution >= 4 is 21.4 Å². The summed E-state index contributed by atoms with van der Waals surface area (Å²) in [5.74, 6) is 1.21. The van der Waals surface area contributed by atoms with Gasteiger partial charge in [-0.3, -0.25) is 0 Å². The third kappa shape index (κ3) is 6.23. The molecule has 0 amide bonds. The summed E-state index contributed by atoms with van der Waals surface area (Å²) < 4.78 is 28.9. The first-order chi connectivity index (χ1) is 12.9. The van der Waals surface area contributed by atoms with Gasteiger partial charge in [-0.1, -0.05) is 23.7 Å². The maximum absolute atomic E-state index is 11.5. The van der Waals surface area contributed by atoms with E-state index in [1.807, 2.05) is 18.2 Å². The zero-order valence-corrected chi connectivity index (χ0v) is 17.2. The Morgan fingerprint density at radius 3 is 2.67 bits per heavy atom. The van der Waals surface area contributed by atoms with Crippen LogP contribution in [0.25, 0.3) is 0 Å². The summed E-state index contributed by atoms with van der Waals surface area (Å²) in [6.07, 6.45) is 4.55. The number of hydrogen-bond donors (Lipinski definition) is 0. The van der Waals surface area contributed by atoms with Crippen molar-refractivity contribution < 1.29 is 13.2 Å². The first kappa shape index (κ1) is 20.2. The van der Waals surface area contributed by atoms with Gasteiger partial charge in [-0.05, 0) is 67.8 Å². The molecule has 1 aliphatic heterocycles. The zero-order chi connectivity index (χ0) is 19.3. The summed E-state index contributed by atoms with van der Waals surface area (Å²) in [6.45, 7) is 3.84. The van der Waals surface area contributed by atoms with Gasteiger partial charge in [0.2, 0.25) is 0 Å². The van der Waals surface area contributed by atoms with Crippen LogP contribution in [0.3, 0.4) is 0 Å². The van der Waals surface area contributed by atoms with Crippen LogP contribution in [0.1, 0.15) is 18.4 Å². The highest BCUT2D eigenvalue weighted by atomic mass is 35.5. The topological polar surface area (TPSA) is 46.6 Å². The molecule has 146 valence electrons. The monoisotopic (exact) mass is 407 g/mol. The molecule has 2 aromatic carbocycles. The SMILES string of the molecule is CS(=O)(=O)c1ccc(OCC2CCCN(CCc3cccc(Cl)c3)C2)cc1. The van der Waals surface area contributed by atoms with Crippen LogP contribution in [-0.4, -0.2) is 45.8 Å². The molecule has 1 aliphatic rings. The molecule has 1 heterocycles. The molecule has 0 aromatic heterocycles.